The first-order valence-electron chi connectivity index (χ1n) is 5.99. The normalized spacial score (nSPS) is 11.7. The van der Waals surface area contributed by atoms with E-state index >= 15 is 0 Å². The van der Waals surface area contributed by atoms with Crippen LogP contribution in [0.3, 0.4) is 0 Å². The number of hydrogen-bond acceptors (Lipinski definition) is 2. The van der Waals surface area contributed by atoms with E-state index in [0.29, 0.717) is 0 Å². The molecule has 0 fully saturated rings. The van der Waals surface area contributed by atoms with Crippen LogP contribution in [0.2, 0.25) is 0 Å². The highest BCUT2D eigenvalue weighted by molar-refractivity contribution is 4.94. The van der Waals surface area contributed by atoms with Gasteiger partial charge in [-0.1, -0.05) is 39.5 Å². The summed E-state index contributed by atoms with van der Waals surface area (Å²) >= 11 is 0. The van der Waals surface area contributed by atoms with Crippen LogP contribution in [0.1, 0.15) is 58.8 Å². The van der Waals surface area contributed by atoms with Gasteiger partial charge in [0, 0.05) is 18.4 Å². The van der Waals surface area contributed by atoms with E-state index in [1.54, 1.807) is 0 Å². The summed E-state index contributed by atoms with van der Waals surface area (Å²) in [5, 5.41) is 3.20. The van der Waals surface area contributed by atoms with Crippen LogP contribution >= 0.6 is 0 Å². The molecule has 84 valence electrons. The average Bonchev–Trinajstić information content (AvgIpc) is 2.18. The minimum absolute atomic E-state index is 0.995. The molecule has 3 N–H and O–H groups in total. The molecule has 0 saturated heterocycles. The minimum atomic E-state index is 0.995. The monoisotopic (exact) mass is 198 g/mol. The van der Waals surface area contributed by atoms with E-state index in [9.17, 15) is 0 Å². The third kappa shape index (κ3) is 9.43. The van der Waals surface area contributed by atoms with Crippen LogP contribution in [-0.2, 0) is 0 Å². The zero-order valence-electron chi connectivity index (χ0n) is 9.81. The Labute approximate surface area is 89.0 Å². The Morgan fingerprint density at radius 2 is 1.79 bits per heavy atom. The fourth-order valence-electron chi connectivity index (χ4n) is 1.35. The van der Waals surface area contributed by atoms with Gasteiger partial charge in [-0.05, 0) is 19.3 Å². The van der Waals surface area contributed by atoms with Gasteiger partial charge < -0.3 is 11.1 Å². The first kappa shape index (κ1) is 13.3. The molecule has 2 nitrogen and oxygen atoms in total. The van der Waals surface area contributed by atoms with Crippen LogP contribution in [0.15, 0.2) is 11.9 Å². The van der Waals surface area contributed by atoms with E-state index in [-0.39, 0.29) is 0 Å². The topological polar surface area (TPSA) is 38.0 Å². The lowest BCUT2D eigenvalue weighted by atomic mass is 10.1. The molecule has 0 bridgehead atoms. The fourth-order valence-corrected chi connectivity index (χ4v) is 1.35. The quantitative estimate of drug-likeness (QED) is 0.559. The van der Waals surface area contributed by atoms with Crippen LogP contribution in [0, 0.1) is 0 Å². The molecule has 0 aliphatic heterocycles. The lowest BCUT2D eigenvalue weighted by Crippen LogP contribution is -2.10. The number of rotatable bonds is 9. The second-order valence-electron chi connectivity index (χ2n) is 3.84. The van der Waals surface area contributed by atoms with Crippen LogP contribution in [0.5, 0.6) is 0 Å². The summed E-state index contributed by atoms with van der Waals surface area (Å²) in [6, 6.07) is 0. The van der Waals surface area contributed by atoms with Crippen molar-refractivity contribution in [1.29, 1.82) is 0 Å². The Bertz CT molecular complexity index is 141. The minimum Gasteiger partial charge on any atom is -0.401 e. The highest BCUT2D eigenvalue weighted by atomic mass is 14.8. The average molecular weight is 198 g/mol. The van der Waals surface area contributed by atoms with Gasteiger partial charge in [-0.15, -0.1) is 0 Å². The van der Waals surface area contributed by atoms with Gasteiger partial charge in [0.2, 0.25) is 0 Å². The van der Waals surface area contributed by atoms with Crippen molar-refractivity contribution in [3.63, 3.8) is 0 Å². The smallest absolute Gasteiger partial charge is 0.0240 e. The second kappa shape index (κ2) is 10.4. The van der Waals surface area contributed by atoms with Crippen LogP contribution in [0.4, 0.5) is 0 Å². The lowest BCUT2D eigenvalue weighted by Gasteiger charge is -2.03. The molecule has 0 spiro atoms. The highest BCUT2D eigenvalue weighted by Gasteiger charge is 1.91. The second-order valence-corrected chi connectivity index (χ2v) is 3.84. The molecule has 2 heteroatoms. The van der Waals surface area contributed by atoms with Gasteiger partial charge in [0.1, 0.15) is 0 Å². The van der Waals surface area contributed by atoms with E-state index in [4.69, 9.17) is 5.73 Å². The lowest BCUT2D eigenvalue weighted by molar-refractivity contribution is 0.627. The molecule has 0 rings (SSSR count). The van der Waals surface area contributed by atoms with Crippen molar-refractivity contribution in [3.8, 4) is 0 Å². The Balaban J connectivity index is 3.25. The summed E-state index contributed by atoms with van der Waals surface area (Å²) in [7, 11) is 0. The molecule has 0 aliphatic carbocycles. The number of unbranched alkanes of at least 4 members (excludes halogenated alkanes) is 4. The van der Waals surface area contributed by atoms with E-state index in [1.807, 2.05) is 6.20 Å². The van der Waals surface area contributed by atoms with Gasteiger partial charge >= 0.3 is 0 Å². The maximum atomic E-state index is 5.83. The van der Waals surface area contributed by atoms with Gasteiger partial charge in [-0.2, -0.15) is 0 Å². The van der Waals surface area contributed by atoms with Gasteiger partial charge in [-0.25, -0.2) is 0 Å². The number of allylic oxidation sites excluding steroid dienone is 1. The van der Waals surface area contributed by atoms with Crippen molar-refractivity contribution in [2.45, 2.75) is 58.8 Å². The van der Waals surface area contributed by atoms with Crippen molar-refractivity contribution < 1.29 is 0 Å². The summed E-state index contributed by atoms with van der Waals surface area (Å²) in [6.45, 7) is 5.42. The maximum Gasteiger partial charge on any atom is 0.0240 e. The molecule has 0 aromatic heterocycles. The van der Waals surface area contributed by atoms with Gasteiger partial charge in [-0.3, -0.25) is 0 Å². The summed E-state index contributed by atoms with van der Waals surface area (Å²) in [4.78, 5) is 0. The number of nitrogens with one attached hydrogen (secondary N) is 1. The molecule has 0 heterocycles. The molecular weight excluding hydrogens is 172 g/mol. The van der Waals surface area contributed by atoms with Crippen molar-refractivity contribution >= 4 is 0 Å². The molecule has 14 heavy (non-hydrogen) atoms. The van der Waals surface area contributed by atoms with Crippen LogP contribution in [0.25, 0.3) is 0 Å². The Morgan fingerprint density at radius 1 is 1.07 bits per heavy atom. The van der Waals surface area contributed by atoms with E-state index < -0.39 is 0 Å². The van der Waals surface area contributed by atoms with Gasteiger partial charge in [0.25, 0.3) is 0 Å². The molecule has 0 aliphatic rings. The maximum absolute atomic E-state index is 5.83. The standard InChI is InChI=1S/C12H26N2/c1-3-5-6-7-8-9-12(13)11-14-10-4-2/h11,14H,3-10,13H2,1-2H3/b12-11-. The Hall–Kier alpha value is -0.660. The van der Waals surface area contributed by atoms with Crippen LogP contribution in [-0.4, -0.2) is 6.54 Å². The first-order valence-corrected chi connectivity index (χ1v) is 5.99. The molecule has 0 amide bonds. The van der Waals surface area contributed by atoms with E-state index in [1.165, 1.54) is 32.1 Å². The summed E-state index contributed by atoms with van der Waals surface area (Å²) in [5.74, 6) is 0. The summed E-state index contributed by atoms with van der Waals surface area (Å²) in [6.07, 6.45) is 10.7. The fraction of sp³-hybridized carbons (Fsp3) is 0.833. The summed E-state index contributed by atoms with van der Waals surface area (Å²) in [5.41, 5.74) is 6.82. The molecule has 0 unspecified atom stereocenters. The van der Waals surface area contributed by atoms with Gasteiger partial charge in [0.15, 0.2) is 0 Å². The molecule has 0 aromatic carbocycles. The third-order valence-electron chi connectivity index (χ3n) is 2.25. The predicted octanol–water partition coefficient (Wildman–Crippen LogP) is 3.15. The molecular formula is C12H26N2. The molecule has 0 radical (unpaired) electrons. The third-order valence-corrected chi connectivity index (χ3v) is 2.25. The molecule has 0 saturated carbocycles. The van der Waals surface area contributed by atoms with E-state index in [2.05, 4.69) is 19.2 Å². The van der Waals surface area contributed by atoms with Crippen molar-refractivity contribution in [2.75, 3.05) is 6.54 Å². The van der Waals surface area contributed by atoms with E-state index in [0.717, 1.165) is 25.1 Å². The number of hydrogen-bond donors (Lipinski definition) is 2. The van der Waals surface area contributed by atoms with Crippen molar-refractivity contribution in [3.05, 3.63) is 11.9 Å². The van der Waals surface area contributed by atoms with Crippen molar-refractivity contribution in [2.24, 2.45) is 5.73 Å². The highest BCUT2D eigenvalue weighted by Crippen LogP contribution is 2.07. The summed E-state index contributed by atoms with van der Waals surface area (Å²) < 4.78 is 0. The SMILES string of the molecule is CCCCCCC/C(N)=C/NCCC. The molecule has 0 atom stereocenters. The Morgan fingerprint density at radius 3 is 2.43 bits per heavy atom. The predicted molar refractivity (Wildman–Crippen MR) is 63.9 cm³/mol. The Kier molecular flexibility index (Phi) is 9.93. The zero-order chi connectivity index (χ0) is 10.6. The van der Waals surface area contributed by atoms with Crippen molar-refractivity contribution in [1.82, 2.24) is 5.32 Å². The molecule has 0 aromatic rings. The van der Waals surface area contributed by atoms with Crippen LogP contribution < -0.4 is 11.1 Å². The van der Waals surface area contributed by atoms with Gasteiger partial charge in [0.05, 0.1) is 0 Å². The largest absolute Gasteiger partial charge is 0.401 e. The number of nitrogens with two attached hydrogens (primary N) is 1. The first-order chi connectivity index (χ1) is 6.81. The zero-order valence-corrected chi connectivity index (χ0v) is 9.81.